The molecule has 2 aromatic heterocycles. The minimum absolute atomic E-state index is 0.151. The first kappa shape index (κ1) is 10.8. The molecule has 3 aromatic rings. The van der Waals surface area contributed by atoms with Gasteiger partial charge in [-0.3, -0.25) is 5.10 Å². The van der Waals surface area contributed by atoms with Crippen molar-refractivity contribution in [1.29, 1.82) is 0 Å². The number of aromatic nitrogens is 3. The molecular formula is C13H14N4O. The van der Waals surface area contributed by atoms with Crippen molar-refractivity contribution >= 4 is 27.8 Å². The molecule has 0 bridgehead atoms. The molecule has 3 N–H and O–H groups in total. The van der Waals surface area contributed by atoms with Gasteiger partial charge < -0.3 is 10.5 Å². The van der Waals surface area contributed by atoms with Gasteiger partial charge in [0.25, 0.3) is 0 Å². The van der Waals surface area contributed by atoms with Crippen LogP contribution in [0.1, 0.15) is 13.8 Å². The molecule has 0 aliphatic heterocycles. The number of H-pyrrole nitrogens is 1. The number of hydrogen-bond donors (Lipinski definition) is 2. The molecule has 18 heavy (non-hydrogen) atoms. The van der Waals surface area contributed by atoms with Crippen molar-refractivity contribution in [3.05, 3.63) is 24.3 Å². The van der Waals surface area contributed by atoms with Gasteiger partial charge in [0.05, 0.1) is 17.0 Å². The van der Waals surface area contributed by atoms with E-state index in [1.807, 2.05) is 38.1 Å². The Labute approximate surface area is 104 Å². The van der Waals surface area contributed by atoms with Crippen LogP contribution in [0.2, 0.25) is 0 Å². The summed E-state index contributed by atoms with van der Waals surface area (Å²) in [6, 6.07) is 7.78. The normalized spacial score (nSPS) is 11.5. The molecule has 0 saturated carbocycles. The van der Waals surface area contributed by atoms with Crippen LogP contribution in [0.5, 0.6) is 5.75 Å². The van der Waals surface area contributed by atoms with Gasteiger partial charge in [0.2, 0.25) is 0 Å². The molecule has 5 nitrogen and oxygen atoms in total. The number of hydrogen-bond acceptors (Lipinski definition) is 4. The van der Waals surface area contributed by atoms with E-state index in [4.69, 9.17) is 10.5 Å². The van der Waals surface area contributed by atoms with Crippen LogP contribution in [0, 0.1) is 0 Å². The van der Waals surface area contributed by atoms with Crippen molar-refractivity contribution in [2.45, 2.75) is 20.0 Å². The third-order valence-corrected chi connectivity index (χ3v) is 2.71. The largest absolute Gasteiger partial charge is 0.491 e. The third kappa shape index (κ3) is 1.73. The number of pyridine rings is 1. The summed E-state index contributed by atoms with van der Waals surface area (Å²) in [5, 5.41) is 8.61. The van der Waals surface area contributed by atoms with Gasteiger partial charge in [-0.1, -0.05) is 0 Å². The monoisotopic (exact) mass is 242 g/mol. The summed E-state index contributed by atoms with van der Waals surface area (Å²) in [6.45, 7) is 4.00. The molecule has 2 heterocycles. The summed E-state index contributed by atoms with van der Waals surface area (Å²) in [4.78, 5) is 4.44. The third-order valence-electron chi connectivity index (χ3n) is 2.71. The molecule has 0 spiro atoms. The summed E-state index contributed by atoms with van der Waals surface area (Å²) < 4.78 is 5.66. The fourth-order valence-corrected chi connectivity index (χ4v) is 1.95. The highest BCUT2D eigenvalue weighted by molar-refractivity contribution is 5.96. The first-order valence-corrected chi connectivity index (χ1v) is 5.84. The summed E-state index contributed by atoms with van der Waals surface area (Å²) in [7, 11) is 0. The van der Waals surface area contributed by atoms with Crippen LogP contribution >= 0.6 is 0 Å². The lowest BCUT2D eigenvalue weighted by Crippen LogP contribution is -2.05. The highest BCUT2D eigenvalue weighted by atomic mass is 16.5. The molecule has 0 aliphatic rings. The summed E-state index contributed by atoms with van der Waals surface area (Å²) in [5.41, 5.74) is 7.31. The van der Waals surface area contributed by atoms with E-state index in [1.54, 1.807) is 0 Å². The average molecular weight is 242 g/mol. The first-order valence-electron chi connectivity index (χ1n) is 5.84. The molecule has 0 aliphatic carbocycles. The van der Waals surface area contributed by atoms with Crippen LogP contribution in [0.3, 0.4) is 0 Å². The lowest BCUT2D eigenvalue weighted by atomic mass is 10.2. The Hall–Kier alpha value is -2.30. The highest BCUT2D eigenvalue weighted by Gasteiger charge is 2.07. The smallest absolute Gasteiger partial charge is 0.183 e. The number of nitrogens with two attached hydrogens (primary N) is 1. The lowest BCUT2D eigenvalue weighted by Gasteiger charge is -2.09. The topological polar surface area (TPSA) is 76.8 Å². The Balaban J connectivity index is 2.19. The van der Waals surface area contributed by atoms with Crippen molar-refractivity contribution in [2.24, 2.45) is 0 Å². The van der Waals surface area contributed by atoms with Gasteiger partial charge in [0, 0.05) is 5.39 Å². The van der Waals surface area contributed by atoms with Crippen LogP contribution in [0.15, 0.2) is 24.3 Å². The fourth-order valence-electron chi connectivity index (χ4n) is 1.95. The van der Waals surface area contributed by atoms with Gasteiger partial charge in [-0.2, -0.15) is 5.10 Å². The van der Waals surface area contributed by atoms with E-state index < -0.39 is 0 Å². The van der Waals surface area contributed by atoms with Crippen LogP contribution in [0.4, 0.5) is 5.82 Å². The molecule has 0 amide bonds. The maximum atomic E-state index is 5.80. The van der Waals surface area contributed by atoms with Crippen molar-refractivity contribution in [2.75, 3.05) is 5.73 Å². The Morgan fingerprint density at radius 2 is 2.11 bits per heavy atom. The van der Waals surface area contributed by atoms with Crippen molar-refractivity contribution in [3.63, 3.8) is 0 Å². The van der Waals surface area contributed by atoms with E-state index in [1.165, 1.54) is 0 Å². The Morgan fingerprint density at radius 3 is 2.89 bits per heavy atom. The molecule has 0 saturated heterocycles. The molecule has 5 heteroatoms. The van der Waals surface area contributed by atoms with Gasteiger partial charge in [0.15, 0.2) is 5.65 Å². The van der Waals surface area contributed by atoms with E-state index in [0.717, 1.165) is 22.0 Å². The van der Waals surface area contributed by atoms with Gasteiger partial charge in [-0.15, -0.1) is 0 Å². The van der Waals surface area contributed by atoms with Crippen LogP contribution < -0.4 is 10.5 Å². The van der Waals surface area contributed by atoms with Crippen molar-refractivity contribution in [1.82, 2.24) is 15.2 Å². The standard InChI is InChI=1S/C13H14N4O/c1-7(2)18-9-3-4-11-8(5-9)6-10-12(14)16-17-13(10)15-11/h3-7H,1-2H3,(H3,14,15,16,17). The fraction of sp³-hybridized carbons (Fsp3) is 0.231. The van der Waals surface area contributed by atoms with E-state index >= 15 is 0 Å². The minimum atomic E-state index is 0.151. The SMILES string of the molecule is CC(C)Oc1ccc2nc3n[nH]c(N)c3cc2c1. The molecule has 3 rings (SSSR count). The predicted octanol–water partition coefficient (Wildman–Crippen LogP) is 2.48. The lowest BCUT2D eigenvalue weighted by molar-refractivity contribution is 0.243. The van der Waals surface area contributed by atoms with E-state index in [9.17, 15) is 0 Å². The maximum Gasteiger partial charge on any atom is 0.183 e. The predicted molar refractivity (Wildman–Crippen MR) is 71.6 cm³/mol. The molecule has 0 unspecified atom stereocenters. The van der Waals surface area contributed by atoms with E-state index in [0.29, 0.717) is 11.5 Å². The van der Waals surface area contributed by atoms with Crippen molar-refractivity contribution in [3.8, 4) is 5.75 Å². The number of benzene rings is 1. The molecule has 1 aromatic carbocycles. The van der Waals surface area contributed by atoms with Crippen LogP contribution in [-0.2, 0) is 0 Å². The zero-order valence-corrected chi connectivity index (χ0v) is 10.3. The zero-order valence-electron chi connectivity index (χ0n) is 10.3. The quantitative estimate of drug-likeness (QED) is 0.723. The summed E-state index contributed by atoms with van der Waals surface area (Å²) >= 11 is 0. The number of rotatable bonds is 2. The van der Waals surface area contributed by atoms with E-state index in [2.05, 4.69) is 15.2 Å². The van der Waals surface area contributed by atoms with Gasteiger partial charge in [-0.05, 0) is 38.1 Å². The Bertz CT molecular complexity index is 717. The van der Waals surface area contributed by atoms with Gasteiger partial charge in [0.1, 0.15) is 11.6 Å². The van der Waals surface area contributed by atoms with E-state index in [-0.39, 0.29) is 6.10 Å². The van der Waals surface area contributed by atoms with Gasteiger partial charge in [-0.25, -0.2) is 4.98 Å². The average Bonchev–Trinajstić information content (AvgIpc) is 2.67. The number of nitrogens with zero attached hydrogens (tertiary/aromatic N) is 2. The minimum Gasteiger partial charge on any atom is -0.491 e. The zero-order chi connectivity index (χ0) is 12.7. The first-order chi connectivity index (χ1) is 8.63. The molecule has 0 fully saturated rings. The molecule has 0 radical (unpaired) electrons. The highest BCUT2D eigenvalue weighted by Crippen LogP contribution is 2.25. The maximum absolute atomic E-state index is 5.80. The number of nitrogens with one attached hydrogen (secondary N) is 1. The van der Waals surface area contributed by atoms with Gasteiger partial charge >= 0.3 is 0 Å². The van der Waals surface area contributed by atoms with Crippen LogP contribution in [-0.4, -0.2) is 21.3 Å². The second kappa shape index (κ2) is 3.87. The second-order valence-corrected chi connectivity index (χ2v) is 4.52. The molecular weight excluding hydrogens is 228 g/mol. The molecule has 92 valence electrons. The van der Waals surface area contributed by atoms with Crippen LogP contribution in [0.25, 0.3) is 21.9 Å². The van der Waals surface area contributed by atoms with Crippen molar-refractivity contribution < 1.29 is 4.74 Å². The Morgan fingerprint density at radius 1 is 1.28 bits per heavy atom. The number of fused-ring (bicyclic) bond motifs is 2. The molecule has 0 atom stereocenters. The number of ether oxygens (including phenoxy) is 1. The second-order valence-electron chi connectivity index (χ2n) is 4.52. The Kier molecular flexibility index (Phi) is 2.33. The number of aromatic amines is 1. The number of anilines is 1. The number of nitrogen functional groups attached to an aromatic ring is 1. The summed E-state index contributed by atoms with van der Waals surface area (Å²) in [6.07, 6.45) is 0.151. The summed E-state index contributed by atoms with van der Waals surface area (Å²) in [5.74, 6) is 1.37.